The third-order valence-corrected chi connectivity index (χ3v) is 6.65. The lowest BCUT2D eigenvalue weighted by atomic mass is 9.75. The number of fused-ring (bicyclic) bond motifs is 1. The Labute approximate surface area is 158 Å². The summed E-state index contributed by atoms with van der Waals surface area (Å²) in [6.07, 6.45) is 8.19. The molecule has 4 rings (SSSR count). The second-order valence-electron chi connectivity index (χ2n) is 7.42. The van der Waals surface area contributed by atoms with Crippen LogP contribution in [0, 0.1) is 18.8 Å². The summed E-state index contributed by atoms with van der Waals surface area (Å²) in [5.41, 5.74) is 1.59. The van der Waals surface area contributed by atoms with Crippen LogP contribution in [-0.4, -0.2) is 34.0 Å². The van der Waals surface area contributed by atoms with Gasteiger partial charge in [-0.25, -0.2) is 4.98 Å². The molecule has 2 aliphatic rings. The molecule has 2 atom stereocenters. The van der Waals surface area contributed by atoms with Gasteiger partial charge >= 0.3 is 0 Å². The zero-order valence-corrected chi connectivity index (χ0v) is 16.0. The van der Waals surface area contributed by atoms with E-state index in [1.807, 2.05) is 30.0 Å². The number of pyridine rings is 1. The molecule has 1 aliphatic carbocycles. The lowest BCUT2D eigenvalue weighted by Gasteiger charge is -2.41. The summed E-state index contributed by atoms with van der Waals surface area (Å²) in [5, 5.41) is 4.80. The predicted molar refractivity (Wildman–Crippen MR) is 101 cm³/mol. The molecule has 5 nitrogen and oxygen atoms in total. The van der Waals surface area contributed by atoms with E-state index in [9.17, 15) is 4.79 Å². The Morgan fingerprint density at radius 3 is 2.96 bits per heavy atom. The van der Waals surface area contributed by atoms with E-state index in [2.05, 4.69) is 10.1 Å². The number of rotatable bonds is 4. The van der Waals surface area contributed by atoms with Crippen molar-refractivity contribution in [1.82, 2.24) is 15.0 Å². The average Bonchev–Trinajstić information content (AvgIpc) is 3.11. The maximum absolute atomic E-state index is 13.1. The summed E-state index contributed by atoms with van der Waals surface area (Å²) in [5.74, 6) is 3.09. The maximum atomic E-state index is 13.1. The maximum Gasteiger partial charge on any atom is 0.256 e. The predicted octanol–water partition coefficient (Wildman–Crippen LogP) is 4.32. The second-order valence-corrected chi connectivity index (χ2v) is 8.38. The van der Waals surface area contributed by atoms with Gasteiger partial charge in [-0.05, 0) is 43.7 Å². The van der Waals surface area contributed by atoms with E-state index in [1.54, 1.807) is 18.0 Å². The van der Waals surface area contributed by atoms with Crippen molar-refractivity contribution in [3.05, 3.63) is 41.4 Å². The van der Waals surface area contributed by atoms with E-state index in [0.29, 0.717) is 17.2 Å². The molecular formula is C20H25N3O2S. The van der Waals surface area contributed by atoms with E-state index in [1.165, 1.54) is 25.7 Å². The summed E-state index contributed by atoms with van der Waals surface area (Å²) in [6, 6.07) is 5.68. The first-order chi connectivity index (χ1) is 12.7. The number of hydrogen-bond donors (Lipinski definition) is 0. The molecule has 1 amide bonds. The SMILES string of the molecule is Cc1cc(CSc2ncccc2C(=O)N2CC[C@H]3CCCC[C@H]3C2)no1. The Bertz CT molecular complexity index is 776. The van der Waals surface area contributed by atoms with Crippen molar-refractivity contribution in [3.8, 4) is 0 Å². The molecule has 0 spiro atoms. The smallest absolute Gasteiger partial charge is 0.256 e. The van der Waals surface area contributed by atoms with Crippen LogP contribution in [0.1, 0.15) is 53.9 Å². The number of aryl methyl sites for hydroxylation is 1. The van der Waals surface area contributed by atoms with E-state index in [0.717, 1.165) is 41.9 Å². The number of amides is 1. The van der Waals surface area contributed by atoms with Gasteiger partial charge in [-0.2, -0.15) is 0 Å². The molecular weight excluding hydrogens is 346 g/mol. The highest BCUT2D eigenvalue weighted by Gasteiger charge is 2.33. The highest BCUT2D eigenvalue weighted by Crippen LogP contribution is 2.37. The number of thioether (sulfide) groups is 1. The van der Waals surface area contributed by atoms with Crippen molar-refractivity contribution in [2.24, 2.45) is 11.8 Å². The number of hydrogen-bond acceptors (Lipinski definition) is 5. The molecule has 26 heavy (non-hydrogen) atoms. The highest BCUT2D eigenvalue weighted by atomic mass is 32.2. The Kier molecular flexibility index (Phi) is 5.29. The standard InChI is InChI=1S/C20H25N3O2S/c1-14-11-17(22-25-14)13-26-19-18(7-4-9-21-19)20(24)23-10-8-15-5-2-3-6-16(15)12-23/h4,7,9,11,15-16H,2-3,5-6,8,10,12-13H2,1H3/t15-,16+/m1/s1. The van der Waals surface area contributed by atoms with Crippen LogP contribution in [0.5, 0.6) is 0 Å². The summed E-state index contributed by atoms with van der Waals surface area (Å²) in [6.45, 7) is 3.66. The van der Waals surface area contributed by atoms with Crippen molar-refractivity contribution in [3.63, 3.8) is 0 Å². The zero-order chi connectivity index (χ0) is 17.9. The molecule has 1 saturated heterocycles. The number of aromatic nitrogens is 2. The average molecular weight is 372 g/mol. The van der Waals surface area contributed by atoms with Gasteiger partial charge < -0.3 is 9.42 Å². The lowest BCUT2D eigenvalue weighted by Crippen LogP contribution is -2.44. The van der Waals surface area contributed by atoms with Crippen LogP contribution in [0.2, 0.25) is 0 Å². The van der Waals surface area contributed by atoms with E-state index < -0.39 is 0 Å². The van der Waals surface area contributed by atoms with Gasteiger partial charge in [0.15, 0.2) is 0 Å². The van der Waals surface area contributed by atoms with Gasteiger partial charge in [-0.1, -0.05) is 36.2 Å². The quantitative estimate of drug-likeness (QED) is 0.749. The highest BCUT2D eigenvalue weighted by molar-refractivity contribution is 7.98. The molecule has 2 aromatic rings. The number of likely N-dealkylation sites (tertiary alicyclic amines) is 1. The van der Waals surface area contributed by atoms with Gasteiger partial charge in [0.1, 0.15) is 10.8 Å². The van der Waals surface area contributed by atoms with Crippen molar-refractivity contribution >= 4 is 17.7 Å². The van der Waals surface area contributed by atoms with Gasteiger partial charge in [0, 0.05) is 31.1 Å². The molecule has 0 bridgehead atoms. The van der Waals surface area contributed by atoms with Crippen LogP contribution in [0.15, 0.2) is 33.9 Å². The van der Waals surface area contributed by atoms with Crippen LogP contribution >= 0.6 is 11.8 Å². The van der Waals surface area contributed by atoms with Gasteiger partial charge in [0.05, 0.1) is 11.3 Å². The summed E-state index contributed by atoms with van der Waals surface area (Å²) < 4.78 is 5.12. The molecule has 0 unspecified atom stereocenters. The van der Waals surface area contributed by atoms with Crippen LogP contribution in [0.3, 0.4) is 0 Å². The second kappa shape index (κ2) is 7.82. The Morgan fingerprint density at radius 2 is 2.15 bits per heavy atom. The van der Waals surface area contributed by atoms with Crippen LogP contribution in [-0.2, 0) is 5.75 Å². The lowest BCUT2D eigenvalue weighted by molar-refractivity contribution is 0.0517. The topological polar surface area (TPSA) is 59.2 Å². The van der Waals surface area contributed by atoms with Crippen LogP contribution in [0.4, 0.5) is 0 Å². The molecule has 1 aliphatic heterocycles. The van der Waals surface area contributed by atoms with Crippen molar-refractivity contribution in [1.29, 1.82) is 0 Å². The van der Waals surface area contributed by atoms with Crippen LogP contribution in [0.25, 0.3) is 0 Å². The van der Waals surface area contributed by atoms with Gasteiger partial charge in [-0.15, -0.1) is 0 Å². The monoisotopic (exact) mass is 371 g/mol. The molecule has 0 radical (unpaired) electrons. The minimum Gasteiger partial charge on any atom is -0.361 e. The molecule has 2 aromatic heterocycles. The fourth-order valence-corrected chi connectivity index (χ4v) is 5.12. The Balaban J connectivity index is 1.45. The van der Waals surface area contributed by atoms with Crippen molar-refractivity contribution in [2.75, 3.05) is 13.1 Å². The first kappa shape index (κ1) is 17.6. The molecule has 6 heteroatoms. The molecule has 0 N–H and O–H groups in total. The van der Waals surface area contributed by atoms with Crippen molar-refractivity contribution < 1.29 is 9.32 Å². The number of carbonyl (C=O) groups excluding carboxylic acids is 1. The fraction of sp³-hybridized carbons (Fsp3) is 0.550. The number of nitrogens with zero attached hydrogens (tertiary/aromatic N) is 3. The molecule has 1 saturated carbocycles. The van der Waals surface area contributed by atoms with Gasteiger partial charge in [0.2, 0.25) is 0 Å². The molecule has 0 aromatic carbocycles. The van der Waals surface area contributed by atoms with E-state index in [4.69, 9.17) is 4.52 Å². The zero-order valence-electron chi connectivity index (χ0n) is 15.2. The van der Waals surface area contributed by atoms with Crippen molar-refractivity contribution in [2.45, 2.75) is 49.8 Å². The molecule has 3 heterocycles. The summed E-state index contributed by atoms with van der Waals surface area (Å²) in [7, 11) is 0. The molecule has 2 fully saturated rings. The third-order valence-electron chi connectivity index (χ3n) is 5.61. The van der Waals surface area contributed by atoms with E-state index >= 15 is 0 Å². The normalized spacial score (nSPS) is 22.9. The minimum absolute atomic E-state index is 0.126. The Morgan fingerprint density at radius 1 is 1.31 bits per heavy atom. The third kappa shape index (κ3) is 3.80. The Hall–Kier alpha value is -1.82. The van der Waals surface area contributed by atoms with E-state index in [-0.39, 0.29) is 5.91 Å². The number of carbonyl (C=O) groups is 1. The number of piperidine rings is 1. The summed E-state index contributed by atoms with van der Waals surface area (Å²) >= 11 is 1.55. The fourth-order valence-electron chi connectivity index (χ4n) is 4.25. The first-order valence-electron chi connectivity index (χ1n) is 9.50. The van der Waals surface area contributed by atoms with Gasteiger partial charge in [0.25, 0.3) is 5.91 Å². The first-order valence-corrected chi connectivity index (χ1v) is 10.5. The minimum atomic E-state index is 0.126. The van der Waals surface area contributed by atoms with Gasteiger partial charge in [-0.3, -0.25) is 4.79 Å². The summed E-state index contributed by atoms with van der Waals surface area (Å²) in [4.78, 5) is 19.7. The molecule has 138 valence electrons. The van der Waals surface area contributed by atoms with Crippen LogP contribution < -0.4 is 0 Å². The largest absolute Gasteiger partial charge is 0.361 e.